The Labute approximate surface area is 106 Å². The number of ether oxygens (including phenoxy) is 1. The first-order chi connectivity index (χ1) is 7.03. The van der Waals surface area contributed by atoms with Gasteiger partial charge in [0.1, 0.15) is 15.9 Å². The fourth-order valence-electron chi connectivity index (χ4n) is 1.59. The van der Waals surface area contributed by atoms with E-state index >= 15 is 0 Å². The highest BCUT2D eigenvalue weighted by atomic mass is 79.9. The van der Waals surface area contributed by atoms with Crippen LogP contribution in [0.25, 0.3) is 0 Å². The summed E-state index contributed by atoms with van der Waals surface area (Å²) in [7, 11) is 0. The zero-order valence-electron chi connectivity index (χ0n) is 8.06. The molecule has 2 heterocycles. The van der Waals surface area contributed by atoms with Crippen LogP contribution in [0.4, 0.5) is 0 Å². The summed E-state index contributed by atoms with van der Waals surface area (Å²) in [5.74, 6) is 0.554. The Morgan fingerprint density at radius 2 is 1.93 bits per heavy atom. The topological polar surface area (TPSA) is 35.0 Å². The standard InChI is InChI=1S/C9H9BrCl2N2O/c1-9(3-2-4-15-9)8-13-6(11)5(10)7(12)14-8/h2-4H2,1H3. The van der Waals surface area contributed by atoms with Gasteiger partial charge in [-0.15, -0.1) is 0 Å². The van der Waals surface area contributed by atoms with Crippen molar-refractivity contribution in [3.8, 4) is 0 Å². The molecule has 1 fully saturated rings. The van der Waals surface area contributed by atoms with Crippen LogP contribution in [0.5, 0.6) is 0 Å². The van der Waals surface area contributed by atoms with Crippen molar-refractivity contribution >= 4 is 39.1 Å². The second-order valence-corrected chi connectivity index (χ2v) is 5.13. The largest absolute Gasteiger partial charge is 0.367 e. The number of rotatable bonds is 1. The van der Waals surface area contributed by atoms with E-state index in [4.69, 9.17) is 27.9 Å². The average Bonchev–Trinajstić information content (AvgIpc) is 2.62. The number of nitrogens with zero attached hydrogens (tertiary/aromatic N) is 2. The lowest BCUT2D eigenvalue weighted by Crippen LogP contribution is -2.23. The third kappa shape index (κ3) is 2.13. The third-order valence-corrected chi connectivity index (χ3v) is 4.22. The van der Waals surface area contributed by atoms with E-state index in [1.54, 1.807) is 0 Å². The molecular weight excluding hydrogens is 303 g/mol. The van der Waals surface area contributed by atoms with Crippen LogP contribution in [-0.2, 0) is 10.3 Å². The summed E-state index contributed by atoms with van der Waals surface area (Å²) in [5.41, 5.74) is -0.450. The van der Waals surface area contributed by atoms with Crippen LogP contribution in [0.3, 0.4) is 0 Å². The summed E-state index contributed by atoms with van der Waals surface area (Å²) < 4.78 is 6.14. The maximum absolute atomic E-state index is 5.92. The lowest BCUT2D eigenvalue weighted by Gasteiger charge is -2.21. The van der Waals surface area contributed by atoms with Crippen LogP contribution in [-0.4, -0.2) is 16.6 Å². The number of aromatic nitrogens is 2. The molecule has 1 unspecified atom stereocenters. The fourth-order valence-corrected chi connectivity index (χ4v) is 2.15. The first-order valence-electron chi connectivity index (χ1n) is 4.56. The fraction of sp³-hybridized carbons (Fsp3) is 0.556. The van der Waals surface area contributed by atoms with Gasteiger partial charge in [-0.05, 0) is 35.7 Å². The molecule has 1 atom stereocenters. The molecule has 0 spiro atoms. The predicted molar refractivity (Wildman–Crippen MR) is 62.3 cm³/mol. The van der Waals surface area contributed by atoms with E-state index < -0.39 is 5.60 Å². The molecule has 15 heavy (non-hydrogen) atoms. The highest BCUT2D eigenvalue weighted by Gasteiger charge is 2.35. The molecule has 0 saturated carbocycles. The maximum atomic E-state index is 5.92. The van der Waals surface area contributed by atoms with Gasteiger partial charge in [-0.1, -0.05) is 23.2 Å². The van der Waals surface area contributed by atoms with E-state index in [1.165, 1.54) is 0 Å². The molecule has 1 aliphatic rings. The van der Waals surface area contributed by atoms with E-state index in [9.17, 15) is 0 Å². The van der Waals surface area contributed by atoms with Crippen LogP contribution < -0.4 is 0 Å². The Kier molecular flexibility index (Phi) is 3.22. The minimum Gasteiger partial charge on any atom is -0.367 e. The van der Waals surface area contributed by atoms with Crippen LogP contribution in [0, 0.1) is 0 Å². The first kappa shape index (κ1) is 11.6. The molecule has 1 aliphatic heterocycles. The summed E-state index contributed by atoms with van der Waals surface area (Å²) in [6.45, 7) is 2.68. The van der Waals surface area contributed by atoms with Crippen molar-refractivity contribution in [3.63, 3.8) is 0 Å². The van der Waals surface area contributed by atoms with Crippen molar-refractivity contribution in [1.82, 2.24) is 9.97 Å². The molecule has 2 rings (SSSR count). The molecule has 0 amide bonds. The lowest BCUT2D eigenvalue weighted by molar-refractivity contribution is 0.00931. The van der Waals surface area contributed by atoms with E-state index in [0.29, 0.717) is 20.6 Å². The Balaban J connectivity index is 2.45. The molecular formula is C9H9BrCl2N2O. The quantitative estimate of drug-likeness (QED) is 0.744. The zero-order valence-corrected chi connectivity index (χ0v) is 11.2. The van der Waals surface area contributed by atoms with Crippen molar-refractivity contribution < 1.29 is 4.74 Å². The van der Waals surface area contributed by atoms with Gasteiger partial charge in [-0.2, -0.15) is 0 Å². The van der Waals surface area contributed by atoms with Crippen LogP contribution in [0.15, 0.2) is 4.47 Å². The summed E-state index contributed by atoms with van der Waals surface area (Å²) in [6, 6.07) is 0. The molecule has 1 aromatic rings. The second-order valence-electron chi connectivity index (χ2n) is 3.63. The molecule has 0 N–H and O–H groups in total. The summed E-state index contributed by atoms with van der Waals surface area (Å²) >= 11 is 15.1. The smallest absolute Gasteiger partial charge is 0.163 e. The lowest BCUT2D eigenvalue weighted by atomic mass is 10.0. The van der Waals surface area contributed by atoms with Crippen LogP contribution >= 0.6 is 39.1 Å². The molecule has 0 aliphatic carbocycles. The van der Waals surface area contributed by atoms with Crippen molar-refractivity contribution in [1.29, 1.82) is 0 Å². The minimum atomic E-state index is -0.450. The molecule has 0 aromatic carbocycles. The molecule has 0 bridgehead atoms. The van der Waals surface area contributed by atoms with Crippen molar-refractivity contribution in [2.75, 3.05) is 6.61 Å². The van der Waals surface area contributed by atoms with Crippen LogP contribution in [0.2, 0.25) is 10.3 Å². The molecule has 3 nitrogen and oxygen atoms in total. The molecule has 0 radical (unpaired) electrons. The van der Waals surface area contributed by atoms with Gasteiger partial charge in [0.05, 0.1) is 4.47 Å². The zero-order chi connectivity index (χ0) is 11.1. The SMILES string of the molecule is CC1(c2nc(Cl)c(Br)c(Cl)n2)CCCO1. The van der Waals surface area contributed by atoms with E-state index in [-0.39, 0.29) is 0 Å². The van der Waals surface area contributed by atoms with Gasteiger partial charge in [-0.3, -0.25) is 0 Å². The first-order valence-corrected chi connectivity index (χ1v) is 6.11. The molecule has 82 valence electrons. The number of hydrogen-bond acceptors (Lipinski definition) is 3. The Morgan fingerprint density at radius 1 is 1.33 bits per heavy atom. The summed E-state index contributed by atoms with van der Waals surface area (Å²) in [6.07, 6.45) is 1.90. The summed E-state index contributed by atoms with van der Waals surface area (Å²) in [5, 5.41) is 0.642. The number of halogens is 3. The predicted octanol–water partition coefficient (Wildman–Crippen LogP) is 3.57. The third-order valence-electron chi connectivity index (χ3n) is 2.46. The average molecular weight is 312 g/mol. The second kappa shape index (κ2) is 4.17. The van der Waals surface area contributed by atoms with Gasteiger partial charge in [-0.25, -0.2) is 9.97 Å². The number of hydrogen-bond donors (Lipinski definition) is 0. The van der Waals surface area contributed by atoms with Gasteiger partial charge >= 0.3 is 0 Å². The van der Waals surface area contributed by atoms with Crippen LogP contribution in [0.1, 0.15) is 25.6 Å². The molecule has 1 saturated heterocycles. The van der Waals surface area contributed by atoms with Crippen molar-refractivity contribution in [3.05, 3.63) is 20.6 Å². The minimum absolute atomic E-state index is 0.321. The molecule has 6 heteroatoms. The van der Waals surface area contributed by atoms with E-state index in [2.05, 4.69) is 25.9 Å². The Morgan fingerprint density at radius 3 is 2.40 bits per heavy atom. The van der Waals surface area contributed by atoms with Crippen molar-refractivity contribution in [2.24, 2.45) is 0 Å². The van der Waals surface area contributed by atoms with Crippen molar-refractivity contribution in [2.45, 2.75) is 25.4 Å². The van der Waals surface area contributed by atoms with Gasteiger partial charge in [0.15, 0.2) is 5.82 Å². The molecule has 1 aromatic heterocycles. The summed E-state index contributed by atoms with van der Waals surface area (Å²) in [4.78, 5) is 8.37. The van der Waals surface area contributed by atoms with Gasteiger partial charge in [0.25, 0.3) is 0 Å². The van der Waals surface area contributed by atoms with E-state index in [1.807, 2.05) is 6.92 Å². The highest BCUT2D eigenvalue weighted by Crippen LogP contribution is 2.36. The Bertz CT molecular complexity index is 371. The van der Waals surface area contributed by atoms with Gasteiger partial charge in [0.2, 0.25) is 0 Å². The Hall–Kier alpha value is 0.1000. The highest BCUT2D eigenvalue weighted by molar-refractivity contribution is 9.10. The van der Waals surface area contributed by atoms with Gasteiger partial charge < -0.3 is 4.74 Å². The van der Waals surface area contributed by atoms with E-state index in [0.717, 1.165) is 19.4 Å². The monoisotopic (exact) mass is 310 g/mol. The van der Waals surface area contributed by atoms with Gasteiger partial charge in [0, 0.05) is 6.61 Å². The normalized spacial score (nSPS) is 25.9. The maximum Gasteiger partial charge on any atom is 0.163 e.